The summed E-state index contributed by atoms with van der Waals surface area (Å²) in [6.45, 7) is 7.15. The van der Waals surface area contributed by atoms with Gasteiger partial charge in [-0.05, 0) is 0 Å². The van der Waals surface area contributed by atoms with E-state index in [1.165, 1.54) is 0 Å². The van der Waals surface area contributed by atoms with Crippen LogP contribution in [0.5, 0.6) is 0 Å². The van der Waals surface area contributed by atoms with Crippen molar-refractivity contribution in [1.82, 2.24) is 16.0 Å². The summed E-state index contributed by atoms with van der Waals surface area (Å²) < 4.78 is 0. The molecule has 7 N–H and O–H groups in total. The second kappa shape index (κ2) is 15.3. The fourth-order valence-electron chi connectivity index (χ4n) is 0.933. The lowest BCUT2D eigenvalue weighted by Gasteiger charge is -2.06. The largest absolute Gasteiger partial charge is 0.329 e. The maximum atomic E-state index is 5.32. The zero-order valence-corrected chi connectivity index (χ0v) is 8.31. The van der Waals surface area contributed by atoms with E-state index < -0.39 is 0 Å². The summed E-state index contributed by atoms with van der Waals surface area (Å²) in [5.74, 6) is 0. The van der Waals surface area contributed by atoms with Gasteiger partial charge in [-0.2, -0.15) is 0 Å². The van der Waals surface area contributed by atoms with Crippen LogP contribution in [-0.4, -0.2) is 52.4 Å². The van der Waals surface area contributed by atoms with Gasteiger partial charge in [0.05, 0.1) is 0 Å². The van der Waals surface area contributed by atoms with E-state index in [2.05, 4.69) is 16.0 Å². The van der Waals surface area contributed by atoms with Crippen LogP contribution >= 0.6 is 0 Å². The molecule has 0 aliphatic rings. The first-order chi connectivity index (χ1) is 6.41. The Balaban J connectivity index is 0. The molecule has 0 radical (unpaired) electrons. The zero-order chi connectivity index (χ0) is 9.78. The van der Waals surface area contributed by atoms with E-state index in [0.29, 0.717) is 13.1 Å². The lowest BCUT2D eigenvalue weighted by atomic mass is 10.5. The molecule has 0 aromatic heterocycles. The molecular weight excluding hydrogens is 178 g/mol. The molecule has 0 saturated carbocycles. The highest BCUT2D eigenvalue weighted by atomic mass is 15.0. The maximum Gasteiger partial charge on any atom is 0.00772 e. The Kier molecular flexibility index (Phi) is 17.7. The molecular formula is C9H27N5. The number of hydrogen-bond acceptors (Lipinski definition) is 5. The van der Waals surface area contributed by atoms with Crippen molar-refractivity contribution in [2.75, 3.05) is 52.4 Å². The first-order valence-electron chi connectivity index (χ1n) is 4.94. The summed E-state index contributed by atoms with van der Waals surface area (Å²) in [6.07, 6.45) is 0. The molecule has 0 amide bonds. The van der Waals surface area contributed by atoms with Crippen LogP contribution in [0.1, 0.15) is 7.43 Å². The minimum atomic E-state index is 0. The fraction of sp³-hybridized carbons (Fsp3) is 1.00. The summed E-state index contributed by atoms with van der Waals surface area (Å²) in [5.41, 5.74) is 10.6. The Morgan fingerprint density at radius 1 is 0.571 bits per heavy atom. The van der Waals surface area contributed by atoms with Gasteiger partial charge in [0.25, 0.3) is 0 Å². The molecule has 14 heavy (non-hydrogen) atoms. The smallest absolute Gasteiger partial charge is 0.00772 e. The van der Waals surface area contributed by atoms with Crippen LogP contribution in [0, 0.1) is 0 Å². The van der Waals surface area contributed by atoms with Gasteiger partial charge in [-0.3, -0.25) is 0 Å². The normalized spacial score (nSPS) is 9.86. The number of rotatable bonds is 10. The minimum absolute atomic E-state index is 0. The second-order valence-electron chi connectivity index (χ2n) is 2.83. The van der Waals surface area contributed by atoms with Crippen LogP contribution in [0.3, 0.4) is 0 Å². The zero-order valence-electron chi connectivity index (χ0n) is 8.31. The van der Waals surface area contributed by atoms with Gasteiger partial charge in [0, 0.05) is 52.4 Å². The molecule has 0 aliphatic heterocycles. The molecule has 0 saturated heterocycles. The first-order valence-corrected chi connectivity index (χ1v) is 4.94. The third-order valence-corrected chi connectivity index (χ3v) is 1.60. The summed E-state index contributed by atoms with van der Waals surface area (Å²) in [4.78, 5) is 0. The van der Waals surface area contributed by atoms with Gasteiger partial charge in [-0.15, -0.1) is 0 Å². The summed E-state index contributed by atoms with van der Waals surface area (Å²) in [6, 6.07) is 0. The molecule has 0 bridgehead atoms. The molecule has 0 atom stereocenters. The maximum absolute atomic E-state index is 5.32. The van der Waals surface area contributed by atoms with Gasteiger partial charge in [0.1, 0.15) is 0 Å². The Bertz CT molecular complexity index is 79.3. The Hall–Kier alpha value is -0.200. The van der Waals surface area contributed by atoms with E-state index in [4.69, 9.17) is 11.5 Å². The van der Waals surface area contributed by atoms with Crippen molar-refractivity contribution in [2.45, 2.75) is 7.43 Å². The van der Waals surface area contributed by atoms with Crippen LogP contribution in [0.25, 0.3) is 0 Å². The average molecular weight is 205 g/mol. The number of nitrogens with two attached hydrogens (primary N) is 2. The Labute approximate surface area is 88.0 Å². The number of hydrogen-bond donors (Lipinski definition) is 5. The van der Waals surface area contributed by atoms with E-state index in [1.54, 1.807) is 0 Å². The van der Waals surface area contributed by atoms with E-state index in [-0.39, 0.29) is 7.43 Å². The summed E-state index contributed by atoms with van der Waals surface area (Å²) >= 11 is 0. The quantitative estimate of drug-likeness (QED) is 0.275. The summed E-state index contributed by atoms with van der Waals surface area (Å²) in [5, 5.41) is 9.71. The van der Waals surface area contributed by atoms with Gasteiger partial charge in [0.2, 0.25) is 0 Å². The predicted molar refractivity (Wildman–Crippen MR) is 63.4 cm³/mol. The third-order valence-electron chi connectivity index (χ3n) is 1.60. The molecule has 5 nitrogen and oxygen atoms in total. The van der Waals surface area contributed by atoms with Crippen LogP contribution in [0.4, 0.5) is 0 Å². The SMILES string of the molecule is C.NCCNCCNCCNCCN. The highest BCUT2D eigenvalue weighted by Crippen LogP contribution is 1.60. The molecule has 0 heterocycles. The van der Waals surface area contributed by atoms with E-state index in [0.717, 1.165) is 39.3 Å². The third kappa shape index (κ3) is 14.3. The predicted octanol–water partition coefficient (Wildman–Crippen LogP) is -1.69. The first kappa shape index (κ1) is 16.2. The van der Waals surface area contributed by atoms with E-state index in [1.807, 2.05) is 0 Å². The molecule has 0 fully saturated rings. The highest BCUT2D eigenvalue weighted by molar-refractivity contribution is 4.54. The average Bonchev–Trinajstić information content (AvgIpc) is 2.16. The Morgan fingerprint density at radius 2 is 0.857 bits per heavy atom. The van der Waals surface area contributed by atoms with Crippen LogP contribution in [-0.2, 0) is 0 Å². The lowest BCUT2D eigenvalue weighted by molar-refractivity contribution is 0.586. The lowest BCUT2D eigenvalue weighted by Crippen LogP contribution is -2.35. The molecule has 0 aliphatic carbocycles. The van der Waals surface area contributed by atoms with Crippen molar-refractivity contribution in [1.29, 1.82) is 0 Å². The highest BCUT2D eigenvalue weighted by Gasteiger charge is 1.87. The molecule has 0 spiro atoms. The second-order valence-corrected chi connectivity index (χ2v) is 2.83. The van der Waals surface area contributed by atoms with Gasteiger partial charge in [0.15, 0.2) is 0 Å². The van der Waals surface area contributed by atoms with Crippen molar-refractivity contribution in [3.8, 4) is 0 Å². The topological polar surface area (TPSA) is 88.1 Å². The molecule has 0 aromatic carbocycles. The van der Waals surface area contributed by atoms with Gasteiger partial charge in [-0.1, -0.05) is 7.43 Å². The minimum Gasteiger partial charge on any atom is -0.329 e. The van der Waals surface area contributed by atoms with Gasteiger partial charge in [-0.25, -0.2) is 0 Å². The molecule has 0 rings (SSSR count). The van der Waals surface area contributed by atoms with Crippen molar-refractivity contribution in [3.05, 3.63) is 0 Å². The van der Waals surface area contributed by atoms with Gasteiger partial charge >= 0.3 is 0 Å². The van der Waals surface area contributed by atoms with Crippen molar-refractivity contribution < 1.29 is 0 Å². The standard InChI is InChI=1S/C8H23N5.CH4/c9-1-3-11-5-7-13-8-6-12-4-2-10;/h11-13H,1-10H2;1H4. The van der Waals surface area contributed by atoms with Gasteiger partial charge < -0.3 is 27.4 Å². The van der Waals surface area contributed by atoms with Crippen LogP contribution < -0.4 is 27.4 Å². The molecule has 5 heteroatoms. The molecule has 0 aromatic rings. The fourth-order valence-corrected chi connectivity index (χ4v) is 0.933. The van der Waals surface area contributed by atoms with Crippen LogP contribution in [0.2, 0.25) is 0 Å². The van der Waals surface area contributed by atoms with Crippen molar-refractivity contribution >= 4 is 0 Å². The van der Waals surface area contributed by atoms with Crippen molar-refractivity contribution in [3.63, 3.8) is 0 Å². The van der Waals surface area contributed by atoms with E-state index >= 15 is 0 Å². The molecule has 0 unspecified atom stereocenters. The summed E-state index contributed by atoms with van der Waals surface area (Å²) in [7, 11) is 0. The number of nitrogens with one attached hydrogen (secondary N) is 3. The Morgan fingerprint density at radius 3 is 1.14 bits per heavy atom. The van der Waals surface area contributed by atoms with Crippen molar-refractivity contribution in [2.24, 2.45) is 11.5 Å². The monoisotopic (exact) mass is 205 g/mol. The van der Waals surface area contributed by atoms with E-state index in [9.17, 15) is 0 Å². The molecule has 88 valence electrons. The van der Waals surface area contributed by atoms with Crippen LogP contribution in [0.15, 0.2) is 0 Å².